The van der Waals surface area contributed by atoms with Crippen LogP contribution in [0.5, 0.6) is 0 Å². The fraction of sp³-hybridized carbons (Fsp3) is 0.562. The second-order valence-electron chi connectivity index (χ2n) is 5.56. The van der Waals surface area contributed by atoms with E-state index in [-0.39, 0.29) is 12.0 Å². The molecule has 1 unspecified atom stereocenters. The maximum atomic E-state index is 13.7. The van der Waals surface area contributed by atoms with Crippen LogP contribution in [0.15, 0.2) is 12.1 Å². The van der Waals surface area contributed by atoms with Crippen molar-refractivity contribution in [1.82, 2.24) is 4.90 Å². The van der Waals surface area contributed by atoms with Crippen molar-refractivity contribution >= 4 is 11.6 Å². The summed E-state index contributed by atoms with van der Waals surface area (Å²) in [5, 5.41) is 0. The van der Waals surface area contributed by atoms with Crippen molar-refractivity contribution in [3.05, 3.63) is 29.1 Å². The Labute approximate surface area is 125 Å². The highest BCUT2D eigenvalue weighted by Gasteiger charge is 2.25. The van der Waals surface area contributed by atoms with Crippen LogP contribution in [-0.2, 0) is 4.74 Å². The van der Waals surface area contributed by atoms with E-state index in [2.05, 4.69) is 6.92 Å². The van der Waals surface area contributed by atoms with Crippen LogP contribution in [0, 0.1) is 12.7 Å². The van der Waals surface area contributed by atoms with Gasteiger partial charge in [-0.25, -0.2) is 4.39 Å². The number of anilines is 1. The molecule has 1 aliphatic rings. The van der Waals surface area contributed by atoms with Crippen LogP contribution < -0.4 is 5.73 Å². The van der Waals surface area contributed by atoms with Crippen molar-refractivity contribution in [2.24, 2.45) is 0 Å². The molecule has 21 heavy (non-hydrogen) atoms. The Morgan fingerprint density at radius 2 is 2.29 bits per heavy atom. The third-order valence-corrected chi connectivity index (χ3v) is 3.85. The van der Waals surface area contributed by atoms with Crippen molar-refractivity contribution in [1.29, 1.82) is 0 Å². The van der Waals surface area contributed by atoms with Gasteiger partial charge in [-0.05, 0) is 38.3 Å². The Kier molecular flexibility index (Phi) is 5.17. The number of hydrogen-bond donors (Lipinski definition) is 1. The first kappa shape index (κ1) is 15.8. The zero-order valence-corrected chi connectivity index (χ0v) is 12.7. The minimum Gasteiger partial charge on any atom is -0.398 e. The van der Waals surface area contributed by atoms with Crippen LogP contribution in [0.4, 0.5) is 10.1 Å². The van der Waals surface area contributed by atoms with E-state index in [1.165, 1.54) is 6.07 Å². The molecule has 0 aliphatic carbocycles. The number of nitrogens with zero attached hydrogens (tertiary/aromatic N) is 1. The van der Waals surface area contributed by atoms with E-state index in [1.54, 1.807) is 17.9 Å². The van der Waals surface area contributed by atoms with E-state index in [4.69, 9.17) is 10.5 Å². The van der Waals surface area contributed by atoms with Gasteiger partial charge >= 0.3 is 0 Å². The van der Waals surface area contributed by atoms with Crippen LogP contribution in [0.2, 0.25) is 0 Å². The Morgan fingerprint density at radius 1 is 1.52 bits per heavy atom. The van der Waals surface area contributed by atoms with Gasteiger partial charge in [0.2, 0.25) is 0 Å². The third-order valence-electron chi connectivity index (χ3n) is 3.85. The van der Waals surface area contributed by atoms with Crippen LogP contribution in [0.3, 0.4) is 0 Å². The molecule has 1 amide bonds. The first-order valence-corrected chi connectivity index (χ1v) is 7.49. The molecule has 0 spiro atoms. The summed E-state index contributed by atoms with van der Waals surface area (Å²) in [4.78, 5) is 14.2. The molecule has 5 heteroatoms. The number of ether oxygens (including phenoxy) is 1. The summed E-state index contributed by atoms with van der Waals surface area (Å²) in [5.74, 6) is -0.612. The number of rotatable bonds is 4. The minimum absolute atomic E-state index is 0.0790. The van der Waals surface area contributed by atoms with Crippen LogP contribution in [-0.4, -0.2) is 36.6 Å². The molecule has 1 aromatic rings. The first-order valence-electron chi connectivity index (χ1n) is 7.49. The van der Waals surface area contributed by atoms with E-state index in [0.717, 1.165) is 19.3 Å². The summed E-state index contributed by atoms with van der Waals surface area (Å²) >= 11 is 0. The van der Waals surface area contributed by atoms with E-state index < -0.39 is 5.82 Å². The second kappa shape index (κ2) is 6.89. The highest BCUT2D eigenvalue weighted by molar-refractivity contribution is 5.95. The Balaban J connectivity index is 2.09. The second-order valence-corrected chi connectivity index (χ2v) is 5.56. The average molecular weight is 294 g/mol. The molecule has 1 aromatic carbocycles. The van der Waals surface area contributed by atoms with Gasteiger partial charge in [0.15, 0.2) is 0 Å². The SMILES string of the molecule is CCCOC1CCCN(C(=O)c2cc(N)c(C)c(F)c2)C1. The number of halogens is 1. The van der Waals surface area contributed by atoms with Gasteiger partial charge in [-0.3, -0.25) is 4.79 Å². The van der Waals surface area contributed by atoms with Gasteiger partial charge in [0.05, 0.1) is 6.10 Å². The predicted octanol–water partition coefficient (Wildman–Crippen LogP) is 2.75. The van der Waals surface area contributed by atoms with Crippen molar-refractivity contribution < 1.29 is 13.9 Å². The molecule has 1 aliphatic heterocycles. The number of hydrogen-bond acceptors (Lipinski definition) is 3. The Hall–Kier alpha value is -1.62. The van der Waals surface area contributed by atoms with Crippen molar-refractivity contribution in [3.63, 3.8) is 0 Å². The van der Waals surface area contributed by atoms with Crippen LogP contribution in [0.25, 0.3) is 0 Å². The Morgan fingerprint density at radius 3 is 2.95 bits per heavy atom. The van der Waals surface area contributed by atoms with E-state index in [1.807, 2.05) is 0 Å². The summed E-state index contributed by atoms with van der Waals surface area (Å²) in [7, 11) is 0. The average Bonchev–Trinajstić information content (AvgIpc) is 2.49. The summed E-state index contributed by atoms with van der Waals surface area (Å²) in [6, 6.07) is 2.82. The van der Waals surface area contributed by atoms with Crippen molar-refractivity contribution in [3.8, 4) is 0 Å². The molecular formula is C16H23FN2O2. The fourth-order valence-corrected chi connectivity index (χ4v) is 2.55. The highest BCUT2D eigenvalue weighted by atomic mass is 19.1. The van der Waals surface area contributed by atoms with Gasteiger partial charge < -0.3 is 15.4 Å². The smallest absolute Gasteiger partial charge is 0.254 e. The maximum absolute atomic E-state index is 13.7. The number of likely N-dealkylation sites (tertiary alicyclic amines) is 1. The molecule has 1 saturated heterocycles. The molecule has 0 aromatic heterocycles. The van der Waals surface area contributed by atoms with Crippen LogP contribution >= 0.6 is 0 Å². The topological polar surface area (TPSA) is 55.6 Å². The standard InChI is InChI=1S/C16H23FN2O2/c1-3-7-21-13-5-4-6-19(10-13)16(20)12-8-14(17)11(2)15(18)9-12/h8-9,13H,3-7,10,18H2,1-2H3. The van der Waals surface area contributed by atoms with Crippen molar-refractivity contribution in [2.45, 2.75) is 39.2 Å². The van der Waals surface area contributed by atoms with Crippen molar-refractivity contribution in [2.75, 3.05) is 25.4 Å². The predicted molar refractivity (Wildman–Crippen MR) is 80.7 cm³/mol. The van der Waals surface area contributed by atoms with Gasteiger partial charge in [-0.15, -0.1) is 0 Å². The normalized spacial score (nSPS) is 18.8. The zero-order chi connectivity index (χ0) is 15.4. The minimum atomic E-state index is -0.436. The summed E-state index contributed by atoms with van der Waals surface area (Å²) in [5.41, 5.74) is 6.76. The molecular weight excluding hydrogens is 271 g/mol. The molecule has 1 heterocycles. The molecule has 0 bridgehead atoms. The number of benzene rings is 1. The van der Waals surface area contributed by atoms with E-state index in [0.29, 0.717) is 36.5 Å². The first-order chi connectivity index (χ1) is 10.0. The summed E-state index contributed by atoms with van der Waals surface area (Å²) in [6.07, 6.45) is 2.91. The number of piperidine rings is 1. The fourth-order valence-electron chi connectivity index (χ4n) is 2.55. The molecule has 1 fully saturated rings. The molecule has 0 radical (unpaired) electrons. The highest BCUT2D eigenvalue weighted by Crippen LogP contribution is 2.21. The molecule has 116 valence electrons. The van der Waals surface area contributed by atoms with E-state index >= 15 is 0 Å². The lowest BCUT2D eigenvalue weighted by molar-refractivity contribution is 0.00210. The van der Waals surface area contributed by atoms with Gasteiger partial charge in [0, 0.05) is 36.5 Å². The molecule has 2 rings (SSSR count). The van der Waals surface area contributed by atoms with E-state index in [9.17, 15) is 9.18 Å². The van der Waals surface area contributed by atoms with Crippen LogP contribution in [0.1, 0.15) is 42.1 Å². The summed E-state index contributed by atoms with van der Waals surface area (Å²) < 4.78 is 19.5. The molecule has 0 saturated carbocycles. The molecule has 1 atom stereocenters. The number of nitrogen functional groups attached to an aromatic ring is 1. The Bertz CT molecular complexity index is 496. The quantitative estimate of drug-likeness (QED) is 0.869. The number of carbonyl (C=O) groups excluding carboxylic acids is 1. The number of nitrogens with two attached hydrogens (primary N) is 1. The lowest BCUT2D eigenvalue weighted by atomic mass is 10.0. The zero-order valence-electron chi connectivity index (χ0n) is 12.7. The van der Waals surface area contributed by atoms with Gasteiger partial charge in [-0.2, -0.15) is 0 Å². The van der Waals surface area contributed by atoms with Gasteiger partial charge in [-0.1, -0.05) is 6.92 Å². The maximum Gasteiger partial charge on any atom is 0.254 e. The summed E-state index contributed by atoms with van der Waals surface area (Å²) in [6.45, 7) is 5.62. The number of amides is 1. The third kappa shape index (κ3) is 3.73. The molecule has 4 nitrogen and oxygen atoms in total. The lowest BCUT2D eigenvalue weighted by Gasteiger charge is -2.32. The van der Waals surface area contributed by atoms with Gasteiger partial charge in [0.1, 0.15) is 5.82 Å². The lowest BCUT2D eigenvalue weighted by Crippen LogP contribution is -2.43. The molecule has 2 N–H and O–H groups in total. The van der Waals surface area contributed by atoms with Gasteiger partial charge in [0.25, 0.3) is 5.91 Å². The monoisotopic (exact) mass is 294 g/mol. The number of carbonyl (C=O) groups is 1. The largest absolute Gasteiger partial charge is 0.398 e.